The number of hydrogen-bond acceptors (Lipinski definition) is 4. The van der Waals surface area contributed by atoms with Crippen LogP contribution in [0.15, 0.2) is 54.7 Å². The molecule has 0 N–H and O–H groups in total. The van der Waals surface area contributed by atoms with Gasteiger partial charge in [-0.1, -0.05) is 47.2 Å². The summed E-state index contributed by atoms with van der Waals surface area (Å²) in [4.78, 5) is 29.3. The molecule has 7 heteroatoms. The summed E-state index contributed by atoms with van der Waals surface area (Å²) < 4.78 is 1.81. The van der Waals surface area contributed by atoms with Gasteiger partial charge in [0.1, 0.15) is 0 Å². The normalized spacial score (nSPS) is 16.9. The van der Waals surface area contributed by atoms with Crippen LogP contribution in [0.1, 0.15) is 58.1 Å². The average Bonchev–Trinajstić information content (AvgIpc) is 3.57. The second kappa shape index (κ2) is 9.17. The van der Waals surface area contributed by atoms with E-state index in [2.05, 4.69) is 41.5 Å². The molecule has 3 heterocycles. The zero-order valence-corrected chi connectivity index (χ0v) is 19.0. The van der Waals surface area contributed by atoms with Crippen LogP contribution in [0.3, 0.4) is 0 Å². The number of aryl methyl sites for hydroxylation is 1. The van der Waals surface area contributed by atoms with Crippen LogP contribution in [0.5, 0.6) is 0 Å². The van der Waals surface area contributed by atoms with Crippen LogP contribution in [0, 0.1) is 6.92 Å². The van der Waals surface area contributed by atoms with Crippen molar-refractivity contribution in [1.82, 2.24) is 24.8 Å². The fourth-order valence-electron chi connectivity index (χ4n) is 4.70. The zero-order valence-electron chi connectivity index (χ0n) is 19.0. The second-order valence-electron chi connectivity index (χ2n) is 9.05. The number of carbonyl (C=O) groups is 2. The lowest BCUT2D eigenvalue weighted by molar-refractivity contribution is 0.0689. The van der Waals surface area contributed by atoms with E-state index in [1.165, 1.54) is 5.56 Å². The Morgan fingerprint density at radius 1 is 0.788 bits per heavy atom. The lowest BCUT2D eigenvalue weighted by Gasteiger charge is -2.32. The third-order valence-corrected chi connectivity index (χ3v) is 6.77. The standard InChI is InChI=1S/C26H29N5O2/c1-19-4-6-20(7-5-19)21-8-10-22(11-9-21)25(32)30-16-12-23(13-17-30)31-18-24(27-28-31)26(33)29-14-2-3-15-29/h4-11,18,23H,2-3,12-17H2,1H3. The Kier molecular flexibility index (Phi) is 5.94. The summed E-state index contributed by atoms with van der Waals surface area (Å²) in [7, 11) is 0. The summed E-state index contributed by atoms with van der Waals surface area (Å²) in [5, 5.41) is 8.34. The van der Waals surface area contributed by atoms with Gasteiger partial charge in [0, 0.05) is 31.7 Å². The number of carbonyl (C=O) groups excluding carboxylic acids is 2. The highest BCUT2D eigenvalue weighted by molar-refractivity contribution is 5.95. The summed E-state index contributed by atoms with van der Waals surface area (Å²) in [5.41, 5.74) is 4.62. The molecule has 2 aliphatic rings. The molecule has 2 saturated heterocycles. The smallest absolute Gasteiger partial charge is 0.276 e. The Labute approximate surface area is 194 Å². The molecule has 0 spiro atoms. The largest absolute Gasteiger partial charge is 0.338 e. The first-order valence-electron chi connectivity index (χ1n) is 11.8. The molecule has 33 heavy (non-hydrogen) atoms. The number of amides is 2. The van der Waals surface area contributed by atoms with E-state index in [1.807, 2.05) is 38.7 Å². The van der Waals surface area contributed by atoms with Crippen LogP contribution >= 0.6 is 0 Å². The summed E-state index contributed by atoms with van der Waals surface area (Å²) in [6.45, 7) is 5.01. The number of nitrogens with zero attached hydrogens (tertiary/aromatic N) is 5. The predicted molar refractivity (Wildman–Crippen MR) is 126 cm³/mol. The molecule has 170 valence electrons. The van der Waals surface area contributed by atoms with Gasteiger partial charge in [0.2, 0.25) is 0 Å². The Balaban J connectivity index is 1.18. The van der Waals surface area contributed by atoms with Crippen molar-refractivity contribution in [3.05, 3.63) is 71.5 Å². The van der Waals surface area contributed by atoms with Crippen molar-refractivity contribution in [2.24, 2.45) is 0 Å². The zero-order chi connectivity index (χ0) is 22.8. The van der Waals surface area contributed by atoms with Crippen molar-refractivity contribution < 1.29 is 9.59 Å². The van der Waals surface area contributed by atoms with Gasteiger partial charge in [-0.15, -0.1) is 5.10 Å². The van der Waals surface area contributed by atoms with Gasteiger partial charge in [-0.2, -0.15) is 0 Å². The van der Waals surface area contributed by atoms with Crippen molar-refractivity contribution in [3.8, 4) is 11.1 Å². The Morgan fingerprint density at radius 2 is 1.36 bits per heavy atom. The molecule has 2 aromatic carbocycles. The van der Waals surface area contributed by atoms with Crippen molar-refractivity contribution in [1.29, 1.82) is 0 Å². The fraction of sp³-hybridized carbons (Fsp3) is 0.385. The molecular weight excluding hydrogens is 414 g/mol. The van der Waals surface area contributed by atoms with Crippen LogP contribution in [0.2, 0.25) is 0 Å². The molecule has 2 amide bonds. The van der Waals surface area contributed by atoms with Crippen LogP contribution in [-0.4, -0.2) is 62.8 Å². The van der Waals surface area contributed by atoms with E-state index in [-0.39, 0.29) is 17.9 Å². The summed E-state index contributed by atoms with van der Waals surface area (Å²) in [6.07, 6.45) is 5.48. The topological polar surface area (TPSA) is 71.3 Å². The van der Waals surface area contributed by atoms with E-state index in [0.29, 0.717) is 24.3 Å². The van der Waals surface area contributed by atoms with Crippen LogP contribution < -0.4 is 0 Å². The molecule has 0 unspecified atom stereocenters. The lowest BCUT2D eigenvalue weighted by atomic mass is 10.0. The molecule has 5 rings (SSSR count). The molecular formula is C26H29N5O2. The third-order valence-electron chi connectivity index (χ3n) is 6.77. The maximum Gasteiger partial charge on any atom is 0.276 e. The van der Waals surface area contributed by atoms with Gasteiger partial charge in [0.25, 0.3) is 11.8 Å². The van der Waals surface area contributed by atoms with Gasteiger partial charge >= 0.3 is 0 Å². The van der Waals surface area contributed by atoms with Crippen LogP contribution in [0.25, 0.3) is 11.1 Å². The average molecular weight is 444 g/mol. The monoisotopic (exact) mass is 443 g/mol. The van der Waals surface area contributed by atoms with Crippen LogP contribution in [-0.2, 0) is 0 Å². The van der Waals surface area contributed by atoms with E-state index >= 15 is 0 Å². The van der Waals surface area contributed by atoms with E-state index in [1.54, 1.807) is 6.20 Å². The fourth-order valence-corrected chi connectivity index (χ4v) is 4.70. The quantitative estimate of drug-likeness (QED) is 0.612. The van der Waals surface area contributed by atoms with Gasteiger partial charge in [0.05, 0.1) is 12.2 Å². The van der Waals surface area contributed by atoms with E-state index in [4.69, 9.17) is 0 Å². The Bertz CT molecular complexity index is 1120. The molecule has 0 aliphatic carbocycles. The summed E-state index contributed by atoms with van der Waals surface area (Å²) in [5.74, 6) is 0.0350. The van der Waals surface area contributed by atoms with Crippen molar-refractivity contribution in [3.63, 3.8) is 0 Å². The molecule has 1 aromatic heterocycles. The molecule has 0 saturated carbocycles. The van der Waals surface area contributed by atoms with Crippen molar-refractivity contribution in [2.45, 2.75) is 38.6 Å². The number of likely N-dealkylation sites (tertiary alicyclic amines) is 2. The molecule has 2 fully saturated rings. The number of piperidine rings is 1. The molecule has 0 radical (unpaired) electrons. The predicted octanol–water partition coefficient (Wildman–Crippen LogP) is 3.97. The lowest BCUT2D eigenvalue weighted by Crippen LogP contribution is -2.39. The Hall–Kier alpha value is -3.48. The minimum atomic E-state index is -0.0274. The van der Waals surface area contributed by atoms with E-state index < -0.39 is 0 Å². The Morgan fingerprint density at radius 3 is 2.00 bits per heavy atom. The highest BCUT2D eigenvalue weighted by Gasteiger charge is 2.27. The van der Waals surface area contributed by atoms with Crippen molar-refractivity contribution in [2.75, 3.05) is 26.2 Å². The molecule has 3 aromatic rings. The molecule has 2 aliphatic heterocycles. The van der Waals surface area contributed by atoms with Crippen LogP contribution in [0.4, 0.5) is 0 Å². The first-order chi connectivity index (χ1) is 16.1. The number of benzene rings is 2. The van der Waals surface area contributed by atoms with E-state index in [0.717, 1.165) is 49.9 Å². The summed E-state index contributed by atoms with van der Waals surface area (Å²) >= 11 is 0. The van der Waals surface area contributed by atoms with E-state index in [9.17, 15) is 9.59 Å². The molecule has 7 nitrogen and oxygen atoms in total. The molecule has 0 atom stereocenters. The highest BCUT2D eigenvalue weighted by atomic mass is 16.2. The first-order valence-corrected chi connectivity index (χ1v) is 11.8. The van der Waals surface area contributed by atoms with Gasteiger partial charge in [-0.3, -0.25) is 9.59 Å². The highest BCUT2D eigenvalue weighted by Crippen LogP contribution is 2.25. The number of rotatable bonds is 4. The minimum absolute atomic E-state index is 0.0274. The molecule has 0 bridgehead atoms. The van der Waals surface area contributed by atoms with Gasteiger partial charge < -0.3 is 9.80 Å². The first kappa shape index (κ1) is 21.4. The van der Waals surface area contributed by atoms with Gasteiger partial charge in [0.15, 0.2) is 5.69 Å². The maximum absolute atomic E-state index is 13.0. The van der Waals surface area contributed by atoms with Gasteiger partial charge in [-0.05, 0) is 55.9 Å². The number of aromatic nitrogens is 3. The maximum atomic E-state index is 13.0. The minimum Gasteiger partial charge on any atom is -0.338 e. The second-order valence-corrected chi connectivity index (χ2v) is 9.05. The van der Waals surface area contributed by atoms with Gasteiger partial charge in [-0.25, -0.2) is 4.68 Å². The summed E-state index contributed by atoms with van der Waals surface area (Å²) in [6, 6.07) is 16.4. The third kappa shape index (κ3) is 4.53. The SMILES string of the molecule is Cc1ccc(-c2ccc(C(=O)N3CCC(n4cc(C(=O)N5CCCC5)nn4)CC3)cc2)cc1. The van der Waals surface area contributed by atoms with Crippen molar-refractivity contribution >= 4 is 11.8 Å². The number of hydrogen-bond donors (Lipinski definition) is 0.